The molecule has 12 heavy (non-hydrogen) atoms. The van der Waals surface area contributed by atoms with Crippen LogP contribution >= 0.6 is 0 Å². The van der Waals surface area contributed by atoms with Gasteiger partial charge in [-0.05, 0) is 23.1 Å². The summed E-state index contributed by atoms with van der Waals surface area (Å²) in [5.74, 6) is 0.236. The first-order chi connectivity index (χ1) is 5.39. The van der Waals surface area contributed by atoms with Gasteiger partial charge in [0.2, 0.25) is 0 Å². The van der Waals surface area contributed by atoms with Gasteiger partial charge in [-0.2, -0.15) is 0 Å². The van der Waals surface area contributed by atoms with Gasteiger partial charge in [0.1, 0.15) is 13.6 Å². The molecule has 0 aliphatic carbocycles. The van der Waals surface area contributed by atoms with Crippen molar-refractivity contribution in [2.24, 2.45) is 0 Å². The topological polar surface area (TPSA) is 20.2 Å². The SMILES string of the molecule is [B]c1cc(O)cc(C(C)(C)C)c1. The summed E-state index contributed by atoms with van der Waals surface area (Å²) in [5, 5.41) is 9.28. The monoisotopic (exact) mass is 160 g/mol. The summed E-state index contributed by atoms with van der Waals surface area (Å²) < 4.78 is 0. The number of phenolic OH excluding ortho intramolecular Hbond substituents is 1. The standard InChI is InChI=1S/C10H13BO/c1-10(2,3)7-4-8(11)6-9(12)5-7/h4-6,12H,1-3H3. The van der Waals surface area contributed by atoms with E-state index in [-0.39, 0.29) is 11.2 Å². The van der Waals surface area contributed by atoms with Gasteiger partial charge in [-0.3, -0.25) is 0 Å². The van der Waals surface area contributed by atoms with Crippen LogP contribution in [0.5, 0.6) is 5.75 Å². The molecule has 1 nitrogen and oxygen atoms in total. The lowest BCUT2D eigenvalue weighted by molar-refractivity contribution is 0.471. The highest BCUT2D eigenvalue weighted by atomic mass is 16.3. The molecule has 0 aliphatic rings. The van der Waals surface area contributed by atoms with Gasteiger partial charge in [0.05, 0.1) is 0 Å². The van der Waals surface area contributed by atoms with E-state index in [0.717, 1.165) is 5.56 Å². The fourth-order valence-corrected chi connectivity index (χ4v) is 1.07. The van der Waals surface area contributed by atoms with Gasteiger partial charge in [-0.1, -0.05) is 32.3 Å². The normalized spacial score (nSPS) is 11.6. The van der Waals surface area contributed by atoms with Gasteiger partial charge >= 0.3 is 0 Å². The Kier molecular flexibility index (Phi) is 2.18. The van der Waals surface area contributed by atoms with Crippen molar-refractivity contribution in [2.45, 2.75) is 26.2 Å². The molecule has 2 radical (unpaired) electrons. The van der Waals surface area contributed by atoms with Crippen molar-refractivity contribution in [1.82, 2.24) is 0 Å². The molecule has 0 unspecified atom stereocenters. The molecule has 0 spiro atoms. The minimum atomic E-state index is 0.0346. The van der Waals surface area contributed by atoms with Crippen LogP contribution in [0.2, 0.25) is 0 Å². The van der Waals surface area contributed by atoms with E-state index in [0.29, 0.717) is 5.46 Å². The van der Waals surface area contributed by atoms with E-state index < -0.39 is 0 Å². The molecular weight excluding hydrogens is 147 g/mol. The Labute approximate surface area is 74.8 Å². The predicted molar refractivity (Wildman–Crippen MR) is 52.2 cm³/mol. The quantitative estimate of drug-likeness (QED) is 0.570. The maximum atomic E-state index is 9.28. The highest BCUT2D eigenvalue weighted by Crippen LogP contribution is 2.23. The average Bonchev–Trinajstić information content (AvgIpc) is 1.82. The Bertz CT molecular complexity index is 266. The van der Waals surface area contributed by atoms with Gasteiger partial charge in [-0.25, -0.2) is 0 Å². The van der Waals surface area contributed by atoms with E-state index in [4.69, 9.17) is 7.85 Å². The fraction of sp³-hybridized carbons (Fsp3) is 0.400. The number of aromatic hydroxyl groups is 1. The Morgan fingerprint density at radius 3 is 2.17 bits per heavy atom. The predicted octanol–water partition coefficient (Wildman–Crippen LogP) is 1.48. The highest BCUT2D eigenvalue weighted by molar-refractivity contribution is 6.32. The smallest absolute Gasteiger partial charge is 0.115 e. The van der Waals surface area contributed by atoms with Crippen LogP contribution < -0.4 is 5.46 Å². The molecule has 1 aromatic carbocycles. The van der Waals surface area contributed by atoms with Crippen LogP contribution in [-0.4, -0.2) is 13.0 Å². The summed E-state index contributed by atoms with van der Waals surface area (Å²) in [4.78, 5) is 0. The van der Waals surface area contributed by atoms with E-state index >= 15 is 0 Å². The van der Waals surface area contributed by atoms with Crippen LogP contribution in [0, 0.1) is 0 Å². The lowest BCUT2D eigenvalue weighted by atomic mass is 9.83. The van der Waals surface area contributed by atoms with Crippen molar-refractivity contribution < 1.29 is 5.11 Å². The van der Waals surface area contributed by atoms with E-state index in [1.807, 2.05) is 6.07 Å². The summed E-state index contributed by atoms with van der Waals surface area (Å²) in [6.45, 7) is 6.25. The van der Waals surface area contributed by atoms with Crippen molar-refractivity contribution in [3.8, 4) is 5.75 Å². The van der Waals surface area contributed by atoms with Gasteiger partial charge in [0, 0.05) is 0 Å². The summed E-state index contributed by atoms with van der Waals surface area (Å²) in [6.07, 6.45) is 0. The van der Waals surface area contributed by atoms with Gasteiger partial charge in [-0.15, -0.1) is 0 Å². The minimum Gasteiger partial charge on any atom is -0.508 e. The van der Waals surface area contributed by atoms with Crippen molar-refractivity contribution in [3.05, 3.63) is 23.8 Å². The second kappa shape index (κ2) is 2.85. The van der Waals surface area contributed by atoms with Crippen LogP contribution in [0.15, 0.2) is 18.2 Å². The van der Waals surface area contributed by atoms with Crippen LogP contribution in [0.3, 0.4) is 0 Å². The fourth-order valence-electron chi connectivity index (χ4n) is 1.07. The number of rotatable bonds is 0. The third kappa shape index (κ3) is 2.03. The zero-order valence-corrected chi connectivity index (χ0v) is 7.76. The molecule has 0 saturated carbocycles. The molecular formula is C10H13BO. The summed E-state index contributed by atoms with van der Waals surface area (Å²) in [7, 11) is 5.60. The zero-order chi connectivity index (χ0) is 9.35. The van der Waals surface area contributed by atoms with Gasteiger partial charge in [0.15, 0.2) is 0 Å². The number of hydrogen-bond donors (Lipinski definition) is 1. The van der Waals surface area contributed by atoms with E-state index in [9.17, 15) is 5.11 Å². The van der Waals surface area contributed by atoms with Crippen LogP contribution in [0.1, 0.15) is 26.3 Å². The van der Waals surface area contributed by atoms with Crippen molar-refractivity contribution in [2.75, 3.05) is 0 Å². The number of benzene rings is 1. The van der Waals surface area contributed by atoms with Crippen molar-refractivity contribution >= 4 is 13.3 Å². The molecule has 1 aromatic rings. The second-order valence-corrected chi connectivity index (χ2v) is 4.06. The van der Waals surface area contributed by atoms with Gasteiger partial charge in [0.25, 0.3) is 0 Å². The molecule has 0 bridgehead atoms. The lowest BCUT2D eigenvalue weighted by Crippen LogP contribution is -2.14. The molecule has 1 rings (SSSR count). The average molecular weight is 160 g/mol. The molecule has 0 amide bonds. The highest BCUT2D eigenvalue weighted by Gasteiger charge is 2.13. The maximum Gasteiger partial charge on any atom is 0.115 e. The van der Waals surface area contributed by atoms with E-state index in [1.54, 1.807) is 12.1 Å². The molecule has 0 fully saturated rings. The third-order valence-corrected chi connectivity index (χ3v) is 1.81. The van der Waals surface area contributed by atoms with Crippen LogP contribution in [-0.2, 0) is 5.41 Å². The minimum absolute atomic E-state index is 0.0346. The van der Waals surface area contributed by atoms with Crippen LogP contribution in [0.25, 0.3) is 0 Å². The Hall–Kier alpha value is -0.915. The maximum absolute atomic E-state index is 9.28. The van der Waals surface area contributed by atoms with E-state index in [2.05, 4.69) is 20.8 Å². The molecule has 0 saturated heterocycles. The van der Waals surface area contributed by atoms with E-state index in [1.165, 1.54) is 0 Å². The first-order valence-corrected chi connectivity index (χ1v) is 3.99. The molecule has 0 atom stereocenters. The number of phenols is 1. The van der Waals surface area contributed by atoms with Gasteiger partial charge < -0.3 is 5.11 Å². The Morgan fingerprint density at radius 1 is 1.17 bits per heavy atom. The summed E-state index contributed by atoms with van der Waals surface area (Å²) in [5.41, 5.74) is 1.70. The Balaban J connectivity index is 3.18. The van der Waals surface area contributed by atoms with Crippen molar-refractivity contribution in [1.29, 1.82) is 0 Å². The number of hydrogen-bond acceptors (Lipinski definition) is 1. The van der Waals surface area contributed by atoms with Crippen molar-refractivity contribution in [3.63, 3.8) is 0 Å². The third-order valence-electron chi connectivity index (χ3n) is 1.81. The second-order valence-electron chi connectivity index (χ2n) is 4.06. The molecule has 1 N–H and O–H groups in total. The Morgan fingerprint density at radius 2 is 1.75 bits per heavy atom. The molecule has 2 heteroatoms. The van der Waals surface area contributed by atoms with Crippen LogP contribution in [0.4, 0.5) is 0 Å². The largest absolute Gasteiger partial charge is 0.508 e. The molecule has 62 valence electrons. The molecule has 0 aromatic heterocycles. The summed E-state index contributed by atoms with van der Waals surface area (Å²) >= 11 is 0. The first kappa shape index (κ1) is 9.18. The summed E-state index contributed by atoms with van der Waals surface area (Å²) in [6, 6.07) is 5.19. The first-order valence-electron chi connectivity index (χ1n) is 3.99. The lowest BCUT2D eigenvalue weighted by Gasteiger charge is -2.19. The molecule has 0 heterocycles. The zero-order valence-electron chi connectivity index (χ0n) is 7.76. The molecule has 0 aliphatic heterocycles.